The molecule has 0 heterocycles. The molecule has 2 aliphatic rings. The molecule has 2 nitrogen and oxygen atoms in total. The van der Waals surface area contributed by atoms with Crippen molar-refractivity contribution in [2.24, 2.45) is 5.92 Å². The van der Waals surface area contributed by atoms with E-state index in [-0.39, 0.29) is 11.3 Å². The van der Waals surface area contributed by atoms with Crippen molar-refractivity contribution in [2.75, 3.05) is 0 Å². The van der Waals surface area contributed by atoms with E-state index in [0.717, 1.165) is 25.7 Å². The molecular weight excluding hydrogens is 210 g/mol. The Labute approximate surface area is 96.8 Å². The maximum absolute atomic E-state index is 11.8. The van der Waals surface area contributed by atoms with E-state index in [2.05, 4.69) is 5.32 Å². The molecule has 2 saturated carbocycles. The second-order valence-electron chi connectivity index (χ2n) is 4.94. The molecular formula is C12H20ClNO. The average Bonchev–Trinajstić information content (AvgIpc) is 3.01. The summed E-state index contributed by atoms with van der Waals surface area (Å²) in [5.74, 6) is 0.485. The lowest BCUT2D eigenvalue weighted by molar-refractivity contribution is -0.121. The quantitative estimate of drug-likeness (QED) is 0.585. The van der Waals surface area contributed by atoms with Gasteiger partial charge in [0.15, 0.2) is 0 Å². The van der Waals surface area contributed by atoms with Crippen LogP contribution in [0.4, 0.5) is 0 Å². The highest BCUT2D eigenvalue weighted by molar-refractivity contribution is 6.31. The fourth-order valence-electron chi connectivity index (χ4n) is 2.33. The Kier molecular flexibility index (Phi) is 3.90. The predicted molar refractivity (Wildman–Crippen MR) is 62.0 cm³/mol. The van der Waals surface area contributed by atoms with Crippen LogP contribution in [0.25, 0.3) is 0 Å². The summed E-state index contributed by atoms with van der Waals surface area (Å²) in [6.45, 7) is 0. The molecule has 86 valence electrons. The largest absolute Gasteiger partial charge is 0.352 e. The van der Waals surface area contributed by atoms with Gasteiger partial charge in [-0.2, -0.15) is 0 Å². The van der Waals surface area contributed by atoms with Gasteiger partial charge in [-0.25, -0.2) is 0 Å². The van der Waals surface area contributed by atoms with Gasteiger partial charge in [0.1, 0.15) is 5.38 Å². The zero-order valence-corrected chi connectivity index (χ0v) is 9.93. The van der Waals surface area contributed by atoms with Gasteiger partial charge in [0, 0.05) is 6.04 Å². The van der Waals surface area contributed by atoms with Crippen LogP contribution in [0.5, 0.6) is 0 Å². The van der Waals surface area contributed by atoms with Gasteiger partial charge >= 0.3 is 0 Å². The zero-order valence-electron chi connectivity index (χ0n) is 9.18. The smallest absolute Gasteiger partial charge is 0.238 e. The average molecular weight is 230 g/mol. The van der Waals surface area contributed by atoms with Crippen LogP contribution < -0.4 is 5.32 Å². The summed E-state index contributed by atoms with van der Waals surface area (Å²) in [6, 6.07) is 0.435. The second kappa shape index (κ2) is 5.20. The standard InChI is InChI=1S/C12H20ClNO/c13-11(12(15)14-10-7-8-10)9-5-3-1-2-4-6-9/h9-11H,1-8H2,(H,14,15). The predicted octanol–water partition coefficient (Wildman–Crippen LogP) is 2.84. The molecule has 3 heteroatoms. The molecule has 0 aliphatic heterocycles. The number of carbonyl (C=O) groups is 1. The van der Waals surface area contributed by atoms with Crippen molar-refractivity contribution in [2.45, 2.75) is 62.8 Å². The van der Waals surface area contributed by atoms with E-state index in [9.17, 15) is 4.79 Å². The summed E-state index contributed by atoms with van der Waals surface area (Å²) < 4.78 is 0. The van der Waals surface area contributed by atoms with E-state index < -0.39 is 0 Å². The van der Waals surface area contributed by atoms with E-state index in [1.54, 1.807) is 0 Å². The SMILES string of the molecule is O=C(NC1CC1)C(Cl)C1CCCCCC1. The van der Waals surface area contributed by atoms with Crippen LogP contribution in [0.15, 0.2) is 0 Å². The molecule has 0 aromatic rings. The maximum Gasteiger partial charge on any atom is 0.238 e. The summed E-state index contributed by atoms with van der Waals surface area (Å²) in [5.41, 5.74) is 0. The van der Waals surface area contributed by atoms with E-state index in [1.165, 1.54) is 25.7 Å². The number of carbonyl (C=O) groups excluding carboxylic acids is 1. The maximum atomic E-state index is 11.8. The molecule has 1 unspecified atom stereocenters. The summed E-state index contributed by atoms with van der Waals surface area (Å²) >= 11 is 6.24. The monoisotopic (exact) mass is 229 g/mol. The molecule has 15 heavy (non-hydrogen) atoms. The van der Waals surface area contributed by atoms with Crippen molar-refractivity contribution in [3.63, 3.8) is 0 Å². The van der Waals surface area contributed by atoms with Gasteiger partial charge in [-0.15, -0.1) is 11.6 Å². The molecule has 0 spiro atoms. The van der Waals surface area contributed by atoms with Crippen molar-refractivity contribution in [1.82, 2.24) is 5.32 Å². The Morgan fingerprint density at radius 2 is 1.67 bits per heavy atom. The van der Waals surface area contributed by atoms with E-state index in [1.807, 2.05) is 0 Å². The molecule has 1 amide bonds. The molecule has 2 rings (SSSR count). The number of alkyl halides is 1. The molecule has 2 fully saturated rings. The van der Waals surface area contributed by atoms with Gasteiger partial charge in [0.2, 0.25) is 5.91 Å². The van der Waals surface area contributed by atoms with E-state index in [0.29, 0.717) is 12.0 Å². The van der Waals surface area contributed by atoms with Crippen LogP contribution in [0, 0.1) is 5.92 Å². The van der Waals surface area contributed by atoms with Crippen LogP contribution in [-0.2, 0) is 4.79 Å². The van der Waals surface area contributed by atoms with Gasteiger partial charge < -0.3 is 5.32 Å². The van der Waals surface area contributed by atoms with Crippen LogP contribution in [0.1, 0.15) is 51.4 Å². The van der Waals surface area contributed by atoms with Crippen LogP contribution in [-0.4, -0.2) is 17.3 Å². The highest BCUT2D eigenvalue weighted by Crippen LogP contribution is 2.29. The highest BCUT2D eigenvalue weighted by Gasteiger charge is 2.31. The molecule has 0 radical (unpaired) electrons. The Hall–Kier alpha value is -0.240. The third-order valence-corrected chi connectivity index (χ3v) is 4.04. The minimum Gasteiger partial charge on any atom is -0.352 e. The first-order valence-electron chi connectivity index (χ1n) is 6.22. The number of nitrogens with one attached hydrogen (secondary N) is 1. The summed E-state index contributed by atoms with van der Waals surface area (Å²) in [5, 5.41) is 2.71. The first-order valence-corrected chi connectivity index (χ1v) is 6.65. The molecule has 0 saturated heterocycles. The molecule has 1 N–H and O–H groups in total. The first-order chi connectivity index (χ1) is 7.27. The van der Waals surface area contributed by atoms with E-state index in [4.69, 9.17) is 11.6 Å². The van der Waals surface area contributed by atoms with Gasteiger partial charge in [-0.05, 0) is 31.6 Å². The van der Waals surface area contributed by atoms with Gasteiger partial charge in [0.05, 0.1) is 0 Å². The van der Waals surface area contributed by atoms with E-state index >= 15 is 0 Å². The highest BCUT2D eigenvalue weighted by atomic mass is 35.5. The summed E-state index contributed by atoms with van der Waals surface area (Å²) in [6.07, 6.45) is 9.64. The Morgan fingerprint density at radius 3 is 2.20 bits per heavy atom. The summed E-state index contributed by atoms with van der Waals surface area (Å²) in [4.78, 5) is 11.8. The lowest BCUT2D eigenvalue weighted by Crippen LogP contribution is -2.37. The molecule has 1 atom stereocenters. The zero-order chi connectivity index (χ0) is 10.7. The fourth-order valence-corrected chi connectivity index (χ4v) is 2.64. The number of halogens is 1. The van der Waals surface area contributed by atoms with Crippen LogP contribution in [0.3, 0.4) is 0 Å². The Balaban J connectivity index is 1.80. The first kappa shape index (κ1) is 11.3. The second-order valence-corrected chi connectivity index (χ2v) is 5.41. The van der Waals surface area contributed by atoms with Crippen molar-refractivity contribution in [1.29, 1.82) is 0 Å². The fraction of sp³-hybridized carbons (Fsp3) is 0.917. The third kappa shape index (κ3) is 3.37. The minimum absolute atomic E-state index is 0.0751. The van der Waals surface area contributed by atoms with Crippen LogP contribution >= 0.6 is 11.6 Å². The van der Waals surface area contributed by atoms with Gasteiger partial charge in [-0.3, -0.25) is 4.79 Å². The lowest BCUT2D eigenvalue weighted by atomic mass is 9.96. The van der Waals surface area contributed by atoms with Crippen molar-refractivity contribution < 1.29 is 4.79 Å². The lowest BCUT2D eigenvalue weighted by Gasteiger charge is -2.19. The topological polar surface area (TPSA) is 29.1 Å². The van der Waals surface area contributed by atoms with Crippen molar-refractivity contribution in [3.8, 4) is 0 Å². The van der Waals surface area contributed by atoms with Gasteiger partial charge in [0.25, 0.3) is 0 Å². The number of hydrogen-bond donors (Lipinski definition) is 1. The Morgan fingerprint density at radius 1 is 1.07 bits per heavy atom. The van der Waals surface area contributed by atoms with Crippen molar-refractivity contribution >= 4 is 17.5 Å². The number of rotatable bonds is 3. The van der Waals surface area contributed by atoms with Crippen molar-refractivity contribution in [3.05, 3.63) is 0 Å². The normalized spacial score (nSPS) is 25.7. The summed E-state index contributed by atoms with van der Waals surface area (Å²) in [7, 11) is 0. The molecule has 2 aliphatic carbocycles. The van der Waals surface area contributed by atoms with Gasteiger partial charge in [-0.1, -0.05) is 25.7 Å². The van der Waals surface area contributed by atoms with Crippen LogP contribution in [0.2, 0.25) is 0 Å². The third-order valence-electron chi connectivity index (χ3n) is 3.49. The number of amides is 1. The Bertz CT molecular complexity index is 220. The minimum atomic E-state index is -0.288. The number of hydrogen-bond acceptors (Lipinski definition) is 1. The molecule has 0 aromatic heterocycles. The molecule has 0 aromatic carbocycles. The molecule has 0 bridgehead atoms.